The summed E-state index contributed by atoms with van der Waals surface area (Å²) < 4.78 is 28.6. The Kier molecular flexibility index (Phi) is 8.90. The van der Waals surface area contributed by atoms with E-state index in [4.69, 9.17) is 23.7 Å². The van der Waals surface area contributed by atoms with Crippen molar-refractivity contribution in [3.8, 4) is 0 Å². The maximum absolute atomic E-state index is 12.5. The zero-order valence-corrected chi connectivity index (χ0v) is 27.3. The van der Waals surface area contributed by atoms with Gasteiger partial charge in [0.05, 0.1) is 36.6 Å². The summed E-state index contributed by atoms with van der Waals surface area (Å²) in [7, 11) is 0. The van der Waals surface area contributed by atoms with E-state index in [1.54, 1.807) is 6.08 Å². The first-order valence-corrected chi connectivity index (χ1v) is 17.5. The molecule has 266 valence electrons. The quantitative estimate of drug-likeness (QED) is 0.148. The Morgan fingerprint density at radius 3 is 2.36 bits per heavy atom. The van der Waals surface area contributed by atoms with E-state index in [1.165, 1.54) is 0 Å². The lowest BCUT2D eigenvalue weighted by atomic mass is 9.42. The van der Waals surface area contributed by atoms with Crippen molar-refractivity contribution >= 4 is 5.97 Å². The maximum atomic E-state index is 12.5. The Hall–Kier alpha value is -1.23. The normalized spacial score (nSPS) is 54.7. The van der Waals surface area contributed by atoms with Crippen molar-refractivity contribution in [1.29, 1.82) is 0 Å². The van der Waals surface area contributed by atoms with Crippen LogP contribution in [0.25, 0.3) is 0 Å². The molecule has 4 aliphatic carbocycles. The Bertz CT molecular complexity index is 1230. The summed E-state index contributed by atoms with van der Waals surface area (Å²) in [6.45, 7) is 3.90. The van der Waals surface area contributed by atoms with Crippen molar-refractivity contribution in [2.45, 2.75) is 145 Å². The summed E-state index contributed by atoms with van der Waals surface area (Å²) >= 11 is 0. The number of aliphatic hydroxyl groups excluding tert-OH is 5. The van der Waals surface area contributed by atoms with Crippen LogP contribution in [-0.4, -0.2) is 128 Å². The molecule has 2 saturated heterocycles. The second-order valence-electron chi connectivity index (χ2n) is 15.9. The molecule has 0 radical (unpaired) electrons. The standard InChI is InChI=1S/C34H52O13/c1-31-7-3-18(45-26-12-22(36)29(24(14-35)46-26)47-30-28(40)27(39)23(37)16-44-30)13-33(31,41)9-5-21-20(31)4-8-32(2)19(6-10-34(21,32)42)17-11-25(38)43-15-17/h11,18-24,26-30,35-37,39-42H,3-10,12-16H2,1-2H3/t18-,19+,20-,21+,22-,23+,24+,26+,27-,28+,29+,30-,31+,32+,33-,34-/m0/s1. The summed E-state index contributed by atoms with van der Waals surface area (Å²) in [4.78, 5) is 11.9. The van der Waals surface area contributed by atoms with Gasteiger partial charge in [0.1, 0.15) is 37.1 Å². The molecular formula is C34H52O13. The highest BCUT2D eigenvalue weighted by molar-refractivity contribution is 5.85. The van der Waals surface area contributed by atoms with Gasteiger partial charge in [0.15, 0.2) is 12.6 Å². The van der Waals surface area contributed by atoms with Crippen molar-refractivity contribution < 1.29 is 64.2 Å². The lowest BCUT2D eigenvalue weighted by Crippen LogP contribution is -2.67. The summed E-state index contributed by atoms with van der Waals surface area (Å²) in [5.41, 5.74) is -1.67. The second-order valence-corrected chi connectivity index (χ2v) is 15.9. The molecule has 0 spiro atoms. The third-order valence-electron chi connectivity index (χ3n) is 13.9. The predicted molar refractivity (Wildman–Crippen MR) is 161 cm³/mol. The molecule has 7 rings (SSSR count). The molecule has 16 atom stereocenters. The number of esters is 1. The van der Waals surface area contributed by atoms with Gasteiger partial charge in [-0.3, -0.25) is 0 Å². The molecule has 0 bridgehead atoms. The molecule has 7 aliphatic rings. The van der Waals surface area contributed by atoms with Gasteiger partial charge in [-0.2, -0.15) is 0 Å². The fourth-order valence-electron chi connectivity index (χ4n) is 11.1. The summed E-state index contributed by atoms with van der Waals surface area (Å²) in [5, 5.41) is 75.9. The van der Waals surface area contributed by atoms with Crippen molar-refractivity contribution in [3.63, 3.8) is 0 Å². The molecular weight excluding hydrogens is 616 g/mol. The molecule has 0 aromatic heterocycles. The first-order valence-electron chi connectivity index (χ1n) is 17.5. The summed E-state index contributed by atoms with van der Waals surface area (Å²) in [6.07, 6.45) is -2.25. The van der Waals surface area contributed by atoms with Crippen molar-refractivity contribution in [1.82, 2.24) is 0 Å². The smallest absolute Gasteiger partial charge is 0.331 e. The van der Waals surface area contributed by atoms with Crippen LogP contribution < -0.4 is 0 Å². The lowest BCUT2D eigenvalue weighted by molar-refractivity contribution is -0.336. The van der Waals surface area contributed by atoms with Gasteiger partial charge in [-0.25, -0.2) is 4.79 Å². The molecule has 3 aliphatic heterocycles. The number of aliphatic hydroxyl groups is 7. The number of fused-ring (bicyclic) bond motifs is 5. The van der Waals surface area contributed by atoms with E-state index in [1.807, 2.05) is 0 Å². The van der Waals surface area contributed by atoms with Gasteiger partial charge in [0.25, 0.3) is 0 Å². The molecule has 13 heteroatoms. The number of carbonyl (C=O) groups excluding carboxylic acids is 1. The number of cyclic esters (lactones) is 1. The van der Waals surface area contributed by atoms with Crippen LogP contribution in [0.1, 0.15) is 78.1 Å². The van der Waals surface area contributed by atoms with Crippen molar-refractivity contribution in [2.75, 3.05) is 19.8 Å². The maximum Gasteiger partial charge on any atom is 0.331 e. The highest BCUT2D eigenvalue weighted by Crippen LogP contribution is 2.70. The molecule has 0 unspecified atom stereocenters. The van der Waals surface area contributed by atoms with Gasteiger partial charge in [-0.1, -0.05) is 13.8 Å². The van der Waals surface area contributed by atoms with E-state index in [2.05, 4.69) is 13.8 Å². The molecule has 3 heterocycles. The molecule has 0 aromatic carbocycles. The number of hydrogen-bond donors (Lipinski definition) is 7. The van der Waals surface area contributed by atoms with E-state index in [0.717, 1.165) is 24.8 Å². The van der Waals surface area contributed by atoms with Gasteiger partial charge in [0, 0.05) is 24.3 Å². The Labute approximate surface area is 274 Å². The molecule has 6 fully saturated rings. The highest BCUT2D eigenvalue weighted by atomic mass is 16.7. The van der Waals surface area contributed by atoms with Crippen LogP contribution >= 0.6 is 0 Å². The fraction of sp³-hybridized carbons (Fsp3) is 0.912. The topological polar surface area (TPSA) is 205 Å². The molecule has 4 saturated carbocycles. The Morgan fingerprint density at radius 2 is 1.64 bits per heavy atom. The van der Waals surface area contributed by atoms with Crippen LogP contribution in [0.5, 0.6) is 0 Å². The van der Waals surface area contributed by atoms with Crippen LogP contribution in [0.3, 0.4) is 0 Å². The van der Waals surface area contributed by atoms with Crippen LogP contribution in [0.15, 0.2) is 11.6 Å². The van der Waals surface area contributed by atoms with E-state index in [-0.39, 0.29) is 48.3 Å². The Balaban J connectivity index is 0.997. The van der Waals surface area contributed by atoms with Gasteiger partial charge >= 0.3 is 5.97 Å². The minimum atomic E-state index is -1.55. The minimum absolute atomic E-state index is 0.0198. The van der Waals surface area contributed by atoms with E-state index in [0.29, 0.717) is 45.1 Å². The molecule has 0 amide bonds. The Morgan fingerprint density at radius 1 is 0.894 bits per heavy atom. The molecule has 0 aromatic rings. The lowest BCUT2D eigenvalue weighted by Gasteiger charge is -2.66. The average Bonchev–Trinajstić information content (AvgIpc) is 3.58. The van der Waals surface area contributed by atoms with E-state index >= 15 is 0 Å². The average molecular weight is 669 g/mol. The molecule has 7 N–H and O–H groups in total. The number of ether oxygens (including phenoxy) is 5. The van der Waals surface area contributed by atoms with Crippen LogP contribution in [0, 0.1) is 28.6 Å². The first kappa shape index (κ1) is 34.2. The number of carbonyl (C=O) groups is 1. The third kappa shape index (κ3) is 5.35. The number of hydrogen-bond acceptors (Lipinski definition) is 13. The highest BCUT2D eigenvalue weighted by Gasteiger charge is 2.70. The zero-order valence-electron chi connectivity index (χ0n) is 27.3. The van der Waals surface area contributed by atoms with Crippen molar-refractivity contribution in [2.24, 2.45) is 28.6 Å². The van der Waals surface area contributed by atoms with Gasteiger partial charge in [-0.05, 0) is 80.1 Å². The monoisotopic (exact) mass is 668 g/mol. The molecule has 47 heavy (non-hydrogen) atoms. The minimum Gasteiger partial charge on any atom is -0.458 e. The van der Waals surface area contributed by atoms with Crippen LogP contribution in [0.4, 0.5) is 0 Å². The second kappa shape index (κ2) is 12.2. The number of rotatable bonds is 6. The third-order valence-corrected chi connectivity index (χ3v) is 13.9. The largest absolute Gasteiger partial charge is 0.458 e. The molecule has 13 nitrogen and oxygen atoms in total. The van der Waals surface area contributed by atoms with Crippen molar-refractivity contribution in [3.05, 3.63) is 11.6 Å². The zero-order chi connectivity index (χ0) is 33.5. The first-order chi connectivity index (χ1) is 22.2. The van der Waals surface area contributed by atoms with Crippen LogP contribution in [-0.2, 0) is 28.5 Å². The summed E-state index contributed by atoms with van der Waals surface area (Å²) in [5.74, 6) is -0.0131. The van der Waals surface area contributed by atoms with E-state index < -0.39 is 72.4 Å². The van der Waals surface area contributed by atoms with Crippen LogP contribution in [0.2, 0.25) is 0 Å². The van der Waals surface area contributed by atoms with Gasteiger partial charge in [-0.15, -0.1) is 0 Å². The fourth-order valence-corrected chi connectivity index (χ4v) is 11.1. The van der Waals surface area contributed by atoms with E-state index in [9.17, 15) is 40.5 Å². The predicted octanol–water partition coefficient (Wildman–Crippen LogP) is 0.0359. The van der Waals surface area contributed by atoms with Gasteiger partial charge < -0.3 is 59.4 Å². The SMILES string of the molecule is C[C@]12CC[C@H](O[C@H]3C[C@H](O)[C@@H](O[C@@H]4OC[C@@H](O)[C@H](O)[C@H]4O)[C@@H](CO)O3)C[C@@]1(O)CC[C@@H]1[C@@H]2CC[C@]2(C)[C@@H](C3=CC(=O)OC3)CC[C@]12O. The summed E-state index contributed by atoms with van der Waals surface area (Å²) in [6, 6.07) is 0. The van der Waals surface area contributed by atoms with Gasteiger partial charge in [0.2, 0.25) is 0 Å².